The number of pyridine rings is 1. The summed E-state index contributed by atoms with van der Waals surface area (Å²) in [4.78, 5) is 23.1. The minimum atomic E-state index is -0.672. The predicted octanol–water partition coefficient (Wildman–Crippen LogP) is 1.61. The van der Waals surface area contributed by atoms with Gasteiger partial charge in [0.2, 0.25) is 0 Å². The van der Waals surface area contributed by atoms with Crippen molar-refractivity contribution in [3.63, 3.8) is 0 Å². The van der Waals surface area contributed by atoms with E-state index in [4.69, 9.17) is 5.21 Å². The highest BCUT2D eigenvalue weighted by Crippen LogP contribution is 2.02. The van der Waals surface area contributed by atoms with Crippen molar-refractivity contribution in [3.05, 3.63) is 76.2 Å². The molecule has 0 radical (unpaired) electrons. The molecule has 0 aliphatic rings. The first-order valence-electron chi connectivity index (χ1n) is 6.56. The summed E-state index contributed by atoms with van der Waals surface area (Å²) in [7, 11) is 0. The topological polar surface area (TPSA) is 71.3 Å². The van der Waals surface area contributed by atoms with Gasteiger partial charge in [-0.1, -0.05) is 30.3 Å². The molecule has 1 amide bonds. The van der Waals surface area contributed by atoms with Crippen LogP contribution in [0, 0.1) is 0 Å². The maximum atomic E-state index is 12.2. The van der Waals surface area contributed by atoms with Crippen LogP contribution in [0.4, 0.5) is 0 Å². The van der Waals surface area contributed by atoms with Gasteiger partial charge in [-0.25, -0.2) is 5.48 Å². The summed E-state index contributed by atoms with van der Waals surface area (Å²) in [5.41, 5.74) is 2.87. The standard InChI is InChI=1S/C16H16N2O3/c19-15(17-21)9-8-14-7-4-11-18(16(14)20)12-10-13-5-2-1-3-6-13/h1-9,11,21H,10,12H2,(H,17,19)/b9-8+. The number of hydrogen-bond donors (Lipinski definition) is 2. The number of nitrogens with one attached hydrogen (secondary N) is 1. The smallest absolute Gasteiger partial charge is 0.267 e. The van der Waals surface area contributed by atoms with Crippen LogP contribution in [0.3, 0.4) is 0 Å². The van der Waals surface area contributed by atoms with Gasteiger partial charge in [-0.05, 0) is 30.2 Å². The molecule has 0 saturated heterocycles. The number of carbonyl (C=O) groups is 1. The molecule has 1 aromatic carbocycles. The molecule has 0 fully saturated rings. The van der Waals surface area contributed by atoms with Gasteiger partial charge in [0.25, 0.3) is 11.5 Å². The zero-order valence-corrected chi connectivity index (χ0v) is 11.4. The van der Waals surface area contributed by atoms with E-state index in [9.17, 15) is 9.59 Å². The fraction of sp³-hybridized carbons (Fsp3) is 0.125. The Hall–Kier alpha value is -2.66. The van der Waals surface area contributed by atoms with Gasteiger partial charge in [-0.3, -0.25) is 14.8 Å². The molecule has 5 nitrogen and oxygen atoms in total. The zero-order valence-electron chi connectivity index (χ0n) is 11.4. The van der Waals surface area contributed by atoms with E-state index in [1.165, 1.54) is 11.6 Å². The molecule has 0 aliphatic carbocycles. The van der Waals surface area contributed by atoms with Crippen molar-refractivity contribution >= 4 is 12.0 Å². The molecule has 5 heteroatoms. The van der Waals surface area contributed by atoms with Crippen LogP contribution in [-0.2, 0) is 17.8 Å². The number of hydrogen-bond acceptors (Lipinski definition) is 3. The second-order valence-electron chi connectivity index (χ2n) is 4.51. The maximum Gasteiger partial charge on any atom is 0.267 e. The lowest BCUT2D eigenvalue weighted by Crippen LogP contribution is -2.22. The molecule has 0 unspecified atom stereocenters. The normalized spacial score (nSPS) is 10.7. The number of benzene rings is 1. The van der Waals surface area contributed by atoms with Crippen molar-refractivity contribution in [1.82, 2.24) is 10.0 Å². The van der Waals surface area contributed by atoms with E-state index in [-0.39, 0.29) is 5.56 Å². The second-order valence-corrected chi connectivity index (χ2v) is 4.51. The highest BCUT2D eigenvalue weighted by molar-refractivity contribution is 5.90. The first-order chi connectivity index (χ1) is 10.2. The number of aryl methyl sites for hydroxylation is 2. The molecule has 21 heavy (non-hydrogen) atoms. The molecular weight excluding hydrogens is 268 g/mol. The average Bonchev–Trinajstić information content (AvgIpc) is 2.53. The molecule has 1 heterocycles. The van der Waals surface area contributed by atoms with E-state index < -0.39 is 5.91 Å². The Bertz CT molecular complexity index is 690. The first-order valence-corrected chi connectivity index (χ1v) is 6.56. The molecule has 0 bridgehead atoms. The van der Waals surface area contributed by atoms with Crippen molar-refractivity contribution in [2.45, 2.75) is 13.0 Å². The van der Waals surface area contributed by atoms with Gasteiger partial charge in [-0.15, -0.1) is 0 Å². The number of rotatable bonds is 5. The Morgan fingerprint density at radius 1 is 1.19 bits per heavy atom. The quantitative estimate of drug-likeness (QED) is 0.498. The van der Waals surface area contributed by atoms with Crippen LogP contribution in [0.25, 0.3) is 6.08 Å². The molecule has 1 aromatic heterocycles. The summed E-state index contributed by atoms with van der Waals surface area (Å²) in [5, 5.41) is 8.41. The largest absolute Gasteiger partial charge is 0.315 e. The van der Waals surface area contributed by atoms with Gasteiger partial charge in [0, 0.05) is 24.4 Å². The molecule has 0 spiro atoms. The van der Waals surface area contributed by atoms with E-state index in [0.717, 1.165) is 18.1 Å². The van der Waals surface area contributed by atoms with Crippen LogP contribution < -0.4 is 11.0 Å². The SMILES string of the molecule is O=C(/C=C/c1cccn(CCc2ccccc2)c1=O)NO. The Morgan fingerprint density at radius 3 is 2.67 bits per heavy atom. The van der Waals surface area contributed by atoms with Crippen LogP contribution in [-0.4, -0.2) is 15.7 Å². The van der Waals surface area contributed by atoms with Gasteiger partial charge in [0.1, 0.15) is 0 Å². The van der Waals surface area contributed by atoms with Crippen molar-refractivity contribution in [2.24, 2.45) is 0 Å². The van der Waals surface area contributed by atoms with Crippen LogP contribution in [0.2, 0.25) is 0 Å². The molecule has 108 valence electrons. The summed E-state index contributed by atoms with van der Waals surface area (Å²) in [6.45, 7) is 0.566. The maximum absolute atomic E-state index is 12.2. The van der Waals surface area contributed by atoms with Crippen LogP contribution in [0.1, 0.15) is 11.1 Å². The van der Waals surface area contributed by atoms with Crippen LogP contribution in [0.15, 0.2) is 59.5 Å². The highest BCUT2D eigenvalue weighted by atomic mass is 16.5. The van der Waals surface area contributed by atoms with Gasteiger partial charge in [0.05, 0.1) is 0 Å². The second kappa shape index (κ2) is 7.21. The van der Waals surface area contributed by atoms with Gasteiger partial charge in [-0.2, -0.15) is 0 Å². The van der Waals surface area contributed by atoms with Crippen LogP contribution >= 0.6 is 0 Å². The van der Waals surface area contributed by atoms with E-state index in [1.54, 1.807) is 22.9 Å². The molecule has 2 rings (SSSR count). The third-order valence-corrected chi connectivity index (χ3v) is 3.06. The average molecular weight is 284 g/mol. The zero-order chi connectivity index (χ0) is 15.1. The Balaban J connectivity index is 2.13. The molecular formula is C16H16N2O3. The molecule has 2 aromatic rings. The first kappa shape index (κ1) is 14.7. The minimum absolute atomic E-state index is 0.171. The minimum Gasteiger partial charge on any atom is -0.315 e. The highest BCUT2D eigenvalue weighted by Gasteiger charge is 2.01. The molecule has 0 saturated carbocycles. The number of hydroxylamine groups is 1. The third kappa shape index (κ3) is 4.15. The van der Waals surface area contributed by atoms with E-state index >= 15 is 0 Å². The van der Waals surface area contributed by atoms with E-state index in [1.807, 2.05) is 30.3 Å². The van der Waals surface area contributed by atoms with Crippen molar-refractivity contribution in [3.8, 4) is 0 Å². The fourth-order valence-corrected chi connectivity index (χ4v) is 1.96. The summed E-state index contributed by atoms with van der Waals surface area (Å²) in [5.74, 6) is -0.672. The number of amides is 1. The third-order valence-electron chi connectivity index (χ3n) is 3.06. The van der Waals surface area contributed by atoms with Crippen molar-refractivity contribution < 1.29 is 10.0 Å². The van der Waals surface area contributed by atoms with Crippen LogP contribution in [0.5, 0.6) is 0 Å². The predicted molar refractivity (Wildman–Crippen MR) is 79.8 cm³/mol. The van der Waals surface area contributed by atoms with Crippen molar-refractivity contribution in [2.75, 3.05) is 0 Å². The number of carbonyl (C=O) groups excluding carboxylic acids is 1. The Labute approximate surface area is 122 Å². The monoisotopic (exact) mass is 284 g/mol. The number of aromatic nitrogens is 1. The van der Waals surface area contributed by atoms with Crippen molar-refractivity contribution in [1.29, 1.82) is 0 Å². The molecule has 2 N–H and O–H groups in total. The van der Waals surface area contributed by atoms with Gasteiger partial charge >= 0.3 is 0 Å². The molecule has 0 atom stereocenters. The summed E-state index contributed by atoms with van der Waals surface area (Å²) in [6.07, 6.45) is 4.96. The lowest BCUT2D eigenvalue weighted by atomic mass is 10.1. The van der Waals surface area contributed by atoms with E-state index in [0.29, 0.717) is 12.1 Å². The van der Waals surface area contributed by atoms with E-state index in [2.05, 4.69) is 0 Å². The summed E-state index contributed by atoms with van der Waals surface area (Å²) >= 11 is 0. The van der Waals surface area contributed by atoms with Gasteiger partial charge in [0.15, 0.2) is 0 Å². The molecule has 0 aliphatic heterocycles. The Kier molecular flexibility index (Phi) is 5.06. The summed E-state index contributed by atoms with van der Waals surface area (Å²) < 4.78 is 1.60. The van der Waals surface area contributed by atoms with Gasteiger partial charge < -0.3 is 4.57 Å². The fourth-order valence-electron chi connectivity index (χ4n) is 1.96. The summed E-state index contributed by atoms with van der Waals surface area (Å²) in [6, 6.07) is 13.3. The lowest BCUT2D eigenvalue weighted by Gasteiger charge is -2.06. The Morgan fingerprint density at radius 2 is 1.95 bits per heavy atom. The number of nitrogens with zero attached hydrogens (tertiary/aromatic N) is 1. The lowest BCUT2D eigenvalue weighted by molar-refractivity contribution is -0.124.